The summed E-state index contributed by atoms with van der Waals surface area (Å²) in [4.78, 5) is 26.0. The molecule has 6 heteroatoms. The Hall–Kier alpha value is -1.40. The minimum absolute atomic E-state index is 0.0809. The molecule has 0 aromatic heterocycles. The Balaban J connectivity index is 2.23. The van der Waals surface area contributed by atoms with Gasteiger partial charge >= 0.3 is 5.97 Å². The van der Waals surface area contributed by atoms with Crippen molar-refractivity contribution in [2.75, 3.05) is 6.54 Å². The van der Waals surface area contributed by atoms with Gasteiger partial charge < -0.3 is 15.2 Å². The Morgan fingerprint density at radius 3 is 2.52 bits per heavy atom. The molecule has 1 amide bonds. The predicted molar refractivity (Wildman–Crippen MR) is 86.7 cm³/mol. The molecular formula is C17H28N2O4. The number of aliphatic hydroxyl groups is 1. The number of hydrogen-bond acceptors (Lipinski definition) is 5. The van der Waals surface area contributed by atoms with E-state index >= 15 is 0 Å². The number of esters is 1. The molecule has 6 nitrogen and oxygen atoms in total. The van der Waals surface area contributed by atoms with E-state index in [1.165, 1.54) is 6.92 Å². The van der Waals surface area contributed by atoms with E-state index in [1.807, 2.05) is 38.7 Å². The molecule has 5 atom stereocenters. The Bertz CT molecular complexity index is 497. The lowest BCUT2D eigenvalue weighted by Crippen LogP contribution is -2.49. The van der Waals surface area contributed by atoms with Crippen molar-refractivity contribution in [1.82, 2.24) is 10.2 Å². The summed E-state index contributed by atoms with van der Waals surface area (Å²) in [6.07, 6.45) is 3.97. The van der Waals surface area contributed by atoms with Crippen LogP contribution in [0, 0.1) is 5.92 Å². The molecule has 2 N–H and O–H groups in total. The molecule has 2 aliphatic heterocycles. The summed E-state index contributed by atoms with van der Waals surface area (Å²) in [7, 11) is 0. The molecule has 0 spiro atoms. The van der Waals surface area contributed by atoms with Crippen LogP contribution in [0.25, 0.3) is 0 Å². The van der Waals surface area contributed by atoms with Gasteiger partial charge in [-0.25, -0.2) is 0 Å². The van der Waals surface area contributed by atoms with E-state index in [0.717, 1.165) is 0 Å². The SMILES string of the molecule is C/C=C\[C@@H]1C[C@H](C(=O)OC(C)(C)C)N2C[C@H](O)[C@H](NC(C)=O)[C@@H]12. The van der Waals surface area contributed by atoms with Gasteiger partial charge in [0, 0.05) is 19.5 Å². The second-order valence-electron chi connectivity index (χ2n) is 7.46. The van der Waals surface area contributed by atoms with Crippen LogP contribution in [-0.2, 0) is 14.3 Å². The van der Waals surface area contributed by atoms with E-state index in [1.54, 1.807) is 0 Å². The largest absolute Gasteiger partial charge is 0.459 e. The van der Waals surface area contributed by atoms with Gasteiger partial charge in [0.2, 0.25) is 5.91 Å². The standard InChI is InChI=1S/C17H28N2O4/c1-6-7-11-8-12(16(22)23-17(3,4)5)19-9-13(21)14(15(11)19)18-10(2)20/h6-7,11-15,21H,8-9H2,1-5H3,(H,18,20)/b7-6-/t11-,12-,13+,14+,15-/m1/s1. The second-order valence-corrected chi connectivity index (χ2v) is 7.46. The van der Waals surface area contributed by atoms with E-state index in [0.29, 0.717) is 13.0 Å². The van der Waals surface area contributed by atoms with Crippen molar-refractivity contribution < 1.29 is 19.4 Å². The average Bonchev–Trinajstić information content (AvgIpc) is 2.87. The molecule has 130 valence electrons. The monoisotopic (exact) mass is 324 g/mol. The van der Waals surface area contributed by atoms with Crippen LogP contribution in [0.3, 0.4) is 0 Å². The first-order valence-corrected chi connectivity index (χ1v) is 8.20. The van der Waals surface area contributed by atoms with Crippen LogP contribution >= 0.6 is 0 Å². The third-order valence-electron chi connectivity index (χ3n) is 4.39. The molecule has 0 bridgehead atoms. The summed E-state index contributed by atoms with van der Waals surface area (Å²) in [5.41, 5.74) is -0.541. The summed E-state index contributed by atoms with van der Waals surface area (Å²) in [6, 6.07) is -0.822. The minimum Gasteiger partial charge on any atom is -0.459 e. The van der Waals surface area contributed by atoms with Crippen molar-refractivity contribution in [1.29, 1.82) is 0 Å². The molecule has 2 saturated heterocycles. The summed E-state index contributed by atoms with van der Waals surface area (Å²) in [5.74, 6) is -0.326. The van der Waals surface area contributed by atoms with Crippen molar-refractivity contribution >= 4 is 11.9 Å². The number of ether oxygens (including phenoxy) is 1. The first kappa shape index (κ1) is 17.9. The van der Waals surface area contributed by atoms with E-state index in [2.05, 4.69) is 11.4 Å². The zero-order chi connectivity index (χ0) is 17.4. The molecule has 23 heavy (non-hydrogen) atoms. The molecule has 2 aliphatic rings. The zero-order valence-corrected chi connectivity index (χ0v) is 14.6. The van der Waals surface area contributed by atoms with E-state index in [-0.39, 0.29) is 35.9 Å². The second kappa shape index (κ2) is 6.61. The fraction of sp³-hybridized carbons (Fsp3) is 0.765. The summed E-state index contributed by atoms with van der Waals surface area (Å²) in [6.45, 7) is 9.29. The molecular weight excluding hydrogens is 296 g/mol. The lowest BCUT2D eigenvalue weighted by molar-refractivity contribution is -0.160. The van der Waals surface area contributed by atoms with Crippen LogP contribution < -0.4 is 5.32 Å². The molecule has 0 unspecified atom stereocenters. The topological polar surface area (TPSA) is 78.9 Å². The van der Waals surface area contributed by atoms with Crippen molar-refractivity contribution in [3.05, 3.63) is 12.2 Å². The van der Waals surface area contributed by atoms with Crippen LogP contribution in [0.4, 0.5) is 0 Å². The molecule has 2 heterocycles. The highest BCUT2D eigenvalue weighted by Gasteiger charge is 2.54. The third kappa shape index (κ3) is 3.93. The van der Waals surface area contributed by atoms with Crippen molar-refractivity contribution in [2.24, 2.45) is 5.92 Å². The van der Waals surface area contributed by atoms with Gasteiger partial charge in [0.05, 0.1) is 12.1 Å². The lowest BCUT2D eigenvalue weighted by atomic mass is 9.92. The third-order valence-corrected chi connectivity index (χ3v) is 4.39. The van der Waals surface area contributed by atoms with Crippen LogP contribution in [0.2, 0.25) is 0 Å². The van der Waals surface area contributed by atoms with Crippen molar-refractivity contribution in [3.8, 4) is 0 Å². The fourth-order valence-corrected chi connectivity index (χ4v) is 3.72. The molecule has 0 aromatic rings. The van der Waals surface area contributed by atoms with Gasteiger partial charge in [-0.05, 0) is 40.0 Å². The highest BCUT2D eigenvalue weighted by atomic mass is 16.6. The number of nitrogens with zero attached hydrogens (tertiary/aromatic N) is 1. The predicted octanol–water partition coefficient (Wildman–Crippen LogP) is 0.842. The number of carbonyl (C=O) groups is 2. The fourth-order valence-electron chi connectivity index (χ4n) is 3.72. The van der Waals surface area contributed by atoms with Crippen LogP contribution in [-0.4, -0.2) is 58.3 Å². The maximum atomic E-state index is 12.5. The van der Waals surface area contributed by atoms with Gasteiger partial charge in [0.25, 0.3) is 0 Å². The first-order valence-electron chi connectivity index (χ1n) is 8.20. The van der Waals surface area contributed by atoms with Gasteiger partial charge in [0.1, 0.15) is 11.6 Å². The van der Waals surface area contributed by atoms with Crippen LogP contribution in [0.15, 0.2) is 12.2 Å². The lowest BCUT2D eigenvalue weighted by Gasteiger charge is -2.28. The Kier molecular flexibility index (Phi) is 5.16. The number of aliphatic hydroxyl groups excluding tert-OH is 1. The summed E-state index contributed by atoms with van der Waals surface area (Å²) in [5, 5.41) is 13.2. The Labute approximate surface area is 137 Å². The van der Waals surface area contributed by atoms with Crippen molar-refractivity contribution in [3.63, 3.8) is 0 Å². The number of nitrogens with one attached hydrogen (secondary N) is 1. The van der Waals surface area contributed by atoms with Gasteiger partial charge in [-0.3, -0.25) is 14.5 Å². The zero-order valence-electron chi connectivity index (χ0n) is 14.6. The minimum atomic E-state index is -0.679. The molecule has 2 fully saturated rings. The van der Waals surface area contributed by atoms with Crippen LogP contribution in [0.1, 0.15) is 41.0 Å². The smallest absolute Gasteiger partial charge is 0.323 e. The summed E-state index contributed by atoms with van der Waals surface area (Å²) < 4.78 is 5.53. The van der Waals surface area contributed by atoms with Gasteiger partial charge in [-0.15, -0.1) is 0 Å². The highest BCUT2D eigenvalue weighted by Crippen LogP contribution is 2.39. The van der Waals surface area contributed by atoms with Gasteiger partial charge in [0.15, 0.2) is 0 Å². The van der Waals surface area contributed by atoms with Crippen molar-refractivity contribution in [2.45, 2.75) is 70.9 Å². The first-order chi connectivity index (χ1) is 10.6. The maximum Gasteiger partial charge on any atom is 0.323 e. The molecule has 0 saturated carbocycles. The molecule has 0 aromatic carbocycles. The average molecular weight is 324 g/mol. The molecule has 0 aliphatic carbocycles. The summed E-state index contributed by atoms with van der Waals surface area (Å²) >= 11 is 0. The van der Waals surface area contributed by atoms with Crippen LogP contribution in [0.5, 0.6) is 0 Å². The number of carbonyl (C=O) groups excluding carboxylic acids is 2. The Morgan fingerprint density at radius 1 is 1.35 bits per heavy atom. The molecule has 0 radical (unpaired) electrons. The van der Waals surface area contributed by atoms with Gasteiger partial charge in [-0.2, -0.15) is 0 Å². The Morgan fingerprint density at radius 2 is 2.00 bits per heavy atom. The van der Waals surface area contributed by atoms with E-state index < -0.39 is 11.7 Å². The van der Waals surface area contributed by atoms with Gasteiger partial charge in [-0.1, -0.05) is 12.2 Å². The van der Waals surface area contributed by atoms with E-state index in [4.69, 9.17) is 4.74 Å². The number of rotatable bonds is 3. The maximum absolute atomic E-state index is 12.5. The number of hydrogen-bond donors (Lipinski definition) is 2. The number of allylic oxidation sites excluding steroid dienone is 1. The molecule has 2 rings (SSSR count). The number of fused-ring (bicyclic) bond motifs is 1. The van der Waals surface area contributed by atoms with E-state index in [9.17, 15) is 14.7 Å². The number of amides is 1. The highest BCUT2D eigenvalue weighted by molar-refractivity contribution is 5.77. The normalized spacial score (nSPS) is 34.6. The quantitative estimate of drug-likeness (QED) is 0.594.